The molecule has 116 valence electrons. The molecule has 1 atom stereocenters. The molecule has 0 saturated carbocycles. The van der Waals surface area contributed by atoms with Gasteiger partial charge in [0.25, 0.3) is 0 Å². The van der Waals surface area contributed by atoms with Crippen molar-refractivity contribution in [3.05, 3.63) is 60.2 Å². The third-order valence-electron chi connectivity index (χ3n) is 3.36. The number of hydrogen-bond donors (Lipinski definition) is 1. The van der Waals surface area contributed by atoms with Crippen LogP contribution in [0.25, 0.3) is 0 Å². The van der Waals surface area contributed by atoms with Gasteiger partial charge >= 0.3 is 0 Å². The summed E-state index contributed by atoms with van der Waals surface area (Å²) in [6, 6.07) is 17.7. The van der Waals surface area contributed by atoms with Gasteiger partial charge in [-0.2, -0.15) is 11.8 Å². The van der Waals surface area contributed by atoms with E-state index in [2.05, 4.69) is 17.4 Å². The third kappa shape index (κ3) is 4.81. The van der Waals surface area contributed by atoms with Crippen LogP contribution in [-0.2, 0) is 11.2 Å². The molecule has 0 aliphatic rings. The van der Waals surface area contributed by atoms with E-state index in [9.17, 15) is 4.79 Å². The number of amides is 1. The summed E-state index contributed by atoms with van der Waals surface area (Å²) in [6.07, 6.45) is 2.76. The molecular formula is C18H21NO2S. The van der Waals surface area contributed by atoms with Crippen LogP contribution in [0.1, 0.15) is 12.5 Å². The van der Waals surface area contributed by atoms with Crippen molar-refractivity contribution in [3.8, 4) is 5.75 Å². The molecule has 0 aliphatic heterocycles. The van der Waals surface area contributed by atoms with Gasteiger partial charge in [0, 0.05) is 6.42 Å². The van der Waals surface area contributed by atoms with Crippen LogP contribution in [0.4, 0.5) is 5.69 Å². The van der Waals surface area contributed by atoms with E-state index in [-0.39, 0.29) is 11.2 Å². The number of thioether (sulfide) groups is 1. The first-order valence-electron chi connectivity index (χ1n) is 7.30. The minimum absolute atomic E-state index is 0.00777. The third-order valence-corrected chi connectivity index (χ3v) is 4.28. The summed E-state index contributed by atoms with van der Waals surface area (Å²) >= 11 is 1.52. The highest BCUT2D eigenvalue weighted by molar-refractivity contribution is 7.99. The average molecular weight is 315 g/mol. The molecule has 2 rings (SSSR count). The number of anilines is 1. The van der Waals surface area contributed by atoms with Crippen molar-refractivity contribution in [1.82, 2.24) is 0 Å². The molecule has 0 saturated heterocycles. The Morgan fingerprint density at radius 2 is 1.82 bits per heavy atom. The van der Waals surface area contributed by atoms with Crippen LogP contribution in [0.15, 0.2) is 54.6 Å². The molecule has 0 spiro atoms. The van der Waals surface area contributed by atoms with Crippen LogP contribution in [0.2, 0.25) is 0 Å². The second-order valence-corrected chi connectivity index (χ2v) is 6.13. The van der Waals surface area contributed by atoms with Gasteiger partial charge in [0.1, 0.15) is 5.75 Å². The predicted octanol–water partition coefficient (Wildman–Crippen LogP) is 4.00. The van der Waals surface area contributed by atoms with E-state index >= 15 is 0 Å². The molecule has 2 aromatic rings. The van der Waals surface area contributed by atoms with Crippen molar-refractivity contribution in [1.29, 1.82) is 0 Å². The molecule has 0 aliphatic carbocycles. The molecule has 1 amide bonds. The zero-order valence-corrected chi connectivity index (χ0v) is 13.7. The lowest BCUT2D eigenvalue weighted by Gasteiger charge is -2.14. The SMILES string of the molecule is CSC(C)C(=O)Nc1ccccc1OCCc1ccccc1. The fraction of sp³-hybridized carbons (Fsp3) is 0.278. The molecule has 0 bridgehead atoms. The van der Waals surface area contributed by atoms with Crippen molar-refractivity contribution in [3.63, 3.8) is 0 Å². The minimum atomic E-state index is -0.0858. The number of rotatable bonds is 7. The van der Waals surface area contributed by atoms with Gasteiger partial charge < -0.3 is 10.1 Å². The van der Waals surface area contributed by atoms with Gasteiger partial charge in [0.2, 0.25) is 5.91 Å². The van der Waals surface area contributed by atoms with Gasteiger partial charge in [-0.25, -0.2) is 0 Å². The topological polar surface area (TPSA) is 38.3 Å². The Morgan fingerprint density at radius 3 is 2.55 bits per heavy atom. The second kappa shape index (κ2) is 8.49. The first-order valence-corrected chi connectivity index (χ1v) is 8.59. The highest BCUT2D eigenvalue weighted by Crippen LogP contribution is 2.24. The van der Waals surface area contributed by atoms with Crippen LogP contribution >= 0.6 is 11.8 Å². The summed E-state index contributed by atoms with van der Waals surface area (Å²) in [7, 11) is 0. The quantitative estimate of drug-likeness (QED) is 0.839. The Balaban J connectivity index is 1.95. The standard InChI is InChI=1S/C18H21NO2S/c1-14(22-2)18(20)19-16-10-6-7-11-17(16)21-13-12-15-8-4-3-5-9-15/h3-11,14H,12-13H2,1-2H3,(H,19,20). The van der Waals surface area contributed by atoms with Crippen molar-refractivity contribution in [2.24, 2.45) is 0 Å². The summed E-state index contributed by atoms with van der Waals surface area (Å²) in [5, 5.41) is 2.84. The van der Waals surface area contributed by atoms with Gasteiger partial charge in [0.05, 0.1) is 17.5 Å². The Hall–Kier alpha value is -1.94. The lowest BCUT2D eigenvalue weighted by atomic mass is 10.2. The fourth-order valence-electron chi connectivity index (χ4n) is 1.96. The van der Waals surface area contributed by atoms with Crippen LogP contribution in [-0.4, -0.2) is 24.0 Å². The minimum Gasteiger partial charge on any atom is -0.491 e. The molecule has 0 radical (unpaired) electrons. The second-order valence-electron chi connectivity index (χ2n) is 4.95. The Bertz CT molecular complexity index is 601. The summed E-state index contributed by atoms with van der Waals surface area (Å²) in [6.45, 7) is 2.47. The normalized spacial score (nSPS) is 11.7. The van der Waals surface area contributed by atoms with Gasteiger partial charge in [0.15, 0.2) is 0 Å². The number of nitrogens with one attached hydrogen (secondary N) is 1. The zero-order valence-electron chi connectivity index (χ0n) is 12.9. The van der Waals surface area contributed by atoms with E-state index in [4.69, 9.17) is 4.74 Å². The highest BCUT2D eigenvalue weighted by atomic mass is 32.2. The van der Waals surface area contributed by atoms with E-state index in [1.54, 1.807) is 0 Å². The number of para-hydroxylation sites is 2. The molecule has 0 heterocycles. The van der Waals surface area contributed by atoms with Gasteiger partial charge in [-0.1, -0.05) is 42.5 Å². The van der Waals surface area contributed by atoms with E-state index < -0.39 is 0 Å². The smallest absolute Gasteiger partial charge is 0.237 e. The fourth-order valence-corrected chi connectivity index (χ4v) is 2.23. The molecule has 0 fully saturated rings. The van der Waals surface area contributed by atoms with Crippen molar-refractivity contribution < 1.29 is 9.53 Å². The van der Waals surface area contributed by atoms with Crippen LogP contribution in [0, 0.1) is 0 Å². The Labute approximate surface area is 136 Å². The predicted molar refractivity (Wildman–Crippen MR) is 93.7 cm³/mol. The molecule has 22 heavy (non-hydrogen) atoms. The lowest BCUT2D eigenvalue weighted by Crippen LogP contribution is -2.22. The number of benzene rings is 2. The van der Waals surface area contributed by atoms with Gasteiger partial charge in [-0.05, 0) is 30.9 Å². The monoisotopic (exact) mass is 315 g/mol. The number of ether oxygens (including phenoxy) is 1. The first kappa shape index (κ1) is 16.4. The first-order chi connectivity index (χ1) is 10.7. The van der Waals surface area contributed by atoms with Crippen molar-refractivity contribution in [2.45, 2.75) is 18.6 Å². The summed E-state index contributed by atoms with van der Waals surface area (Å²) in [5.41, 5.74) is 1.96. The van der Waals surface area contributed by atoms with Crippen molar-refractivity contribution >= 4 is 23.4 Å². The summed E-state index contributed by atoms with van der Waals surface area (Å²) < 4.78 is 5.83. The molecule has 2 aromatic carbocycles. The maximum absolute atomic E-state index is 12.0. The van der Waals surface area contributed by atoms with Crippen LogP contribution in [0.3, 0.4) is 0 Å². The highest BCUT2D eigenvalue weighted by Gasteiger charge is 2.13. The van der Waals surface area contributed by atoms with E-state index in [0.717, 1.165) is 12.1 Å². The van der Waals surface area contributed by atoms with Crippen LogP contribution < -0.4 is 10.1 Å². The van der Waals surface area contributed by atoms with Crippen molar-refractivity contribution in [2.75, 3.05) is 18.2 Å². The largest absolute Gasteiger partial charge is 0.491 e. The number of carbonyl (C=O) groups excluding carboxylic acids is 1. The van der Waals surface area contributed by atoms with Crippen LogP contribution in [0.5, 0.6) is 5.75 Å². The molecule has 4 heteroatoms. The Morgan fingerprint density at radius 1 is 1.14 bits per heavy atom. The van der Waals surface area contributed by atoms with Gasteiger partial charge in [-0.15, -0.1) is 0 Å². The maximum atomic E-state index is 12.0. The molecular weight excluding hydrogens is 294 g/mol. The maximum Gasteiger partial charge on any atom is 0.237 e. The molecule has 1 unspecified atom stereocenters. The summed E-state index contributed by atoms with van der Waals surface area (Å²) in [4.78, 5) is 12.0. The molecule has 3 nitrogen and oxygen atoms in total. The molecule has 1 N–H and O–H groups in total. The molecule has 0 aromatic heterocycles. The number of hydrogen-bond acceptors (Lipinski definition) is 3. The van der Waals surface area contributed by atoms with E-state index in [1.165, 1.54) is 17.3 Å². The van der Waals surface area contributed by atoms with Gasteiger partial charge in [-0.3, -0.25) is 4.79 Å². The summed E-state index contributed by atoms with van der Waals surface area (Å²) in [5.74, 6) is 0.701. The number of carbonyl (C=O) groups is 1. The van der Waals surface area contributed by atoms with E-state index in [0.29, 0.717) is 12.4 Å². The zero-order chi connectivity index (χ0) is 15.8. The van der Waals surface area contributed by atoms with E-state index in [1.807, 2.05) is 55.6 Å². The Kier molecular flexibility index (Phi) is 6.34. The lowest BCUT2D eigenvalue weighted by molar-refractivity contribution is -0.115. The average Bonchev–Trinajstić information content (AvgIpc) is 2.56.